The quantitative estimate of drug-likeness (QED) is 0.711. The molecule has 0 spiro atoms. The lowest BCUT2D eigenvalue weighted by atomic mass is 9.97. The minimum absolute atomic E-state index is 0.963. The summed E-state index contributed by atoms with van der Waals surface area (Å²) in [5.41, 5.74) is 6.50. The Morgan fingerprint density at radius 3 is 2.68 bits per heavy atom. The molecule has 0 N–H and O–H groups in total. The molecule has 0 heterocycles. The molecule has 0 aliphatic heterocycles. The van der Waals surface area contributed by atoms with E-state index in [9.17, 15) is 0 Å². The number of hydrogen-bond acceptors (Lipinski definition) is 0. The Hall–Kier alpha value is -2.08. The van der Waals surface area contributed by atoms with Crippen molar-refractivity contribution in [2.24, 2.45) is 0 Å². The molecule has 0 radical (unpaired) electrons. The van der Waals surface area contributed by atoms with Gasteiger partial charge in [-0.2, -0.15) is 0 Å². The largest absolute Gasteiger partial charge is 0.0915 e. The Morgan fingerprint density at radius 2 is 1.89 bits per heavy atom. The molecule has 0 unspecified atom stereocenters. The van der Waals surface area contributed by atoms with Gasteiger partial charge in [-0.15, -0.1) is 0 Å². The Labute approximate surface area is 114 Å². The molecule has 0 saturated heterocycles. The average Bonchev–Trinajstić information content (AvgIpc) is 2.69. The number of fused-ring (bicyclic) bond motifs is 3. The van der Waals surface area contributed by atoms with Gasteiger partial charge in [0.1, 0.15) is 0 Å². The van der Waals surface area contributed by atoms with Crippen LogP contribution < -0.4 is 10.4 Å². The van der Waals surface area contributed by atoms with Crippen LogP contribution in [-0.4, -0.2) is 0 Å². The van der Waals surface area contributed by atoms with Crippen LogP contribution in [0.2, 0.25) is 0 Å². The molecule has 2 aliphatic carbocycles. The second kappa shape index (κ2) is 4.55. The highest BCUT2D eigenvalue weighted by Crippen LogP contribution is 2.30. The van der Waals surface area contributed by atoms with E-state index in [0.717, 1.165) is 23.6 Å². The molecule has 2 bridgehead atoms. The molecule has 1 aromatic rings. The number of allylic oxidation sites excluding steroid dienone is 6. The van der Waals surface area contributed by atoms with Crippen molar-refractivity contribution < 1.29 is 0 Å². The highest BCUT2D eigenvalue weighted by atomic mass is 14.2. The van der Waals surface area contributed by atoms with Gasteiger partial charge >= 0.3 is 0 Å². The van der Waals surface area contributed by atoms with Crippen molar-refractivity contribution in [2.45, 2.75) is 19.8 Å². The van der Waals surface area contributed by atoms with Gasteiger partial charge in [-0.3, -0.25) is 0 Å². The van der Waals surface area contributed by atoms with Crippen LogP contribution >= 0.6 is 0 Å². The Balaban J connectivity index is 2.44. The van der Waals surface area contributed by atoms with Crippen LogP contribution in [0.1, 0.15) is 25.3 Å². The van der Waals surface area contributed by atoms with Crippen LogP contribution in [0, 0.1) is 0 Å². The maximum Gasteiger partial charge on any atom is -0.00109 e. The van der Waals surface area contributed by atoms with Crippen LogP contribution in [-0.2, 0) is 0 Å². The number of hydrogen-bond donors (Lipinski definition) is 0. The zero-order valence-electron chi connectivity index (χ0n) is 11.4. The van der Waals surface area contributed by atoms with Gasteiger partial charge < -0.3 is 0 Å². The number of rotatable bonds is 1. The maximum atomic E-state index is 4.24. The summed E-state index contributed by atoms with van der Waals surface area (Å²) in [5.74, 6) is 0. The van der Waals surface area contributed by atoms with Crippen LogP contribution in [0.25, 0.3) is 18.2 Å². The molecule has 0 fully saturated rings. The molecule has 0 nitrogen and oxygen atoms in total. The molecular weight excluding hydrogens is 228 g/mol. The first kappa shape index (κ1) is 12.0. The van der Waals surface area contributed by atoms with Crippen LogP contribution in [0.4, 0.5) is 0 Å². The van der Waals surface area contributed by atoms with E-state index in [2.05, 4.69) is 62.6 Å². The molecule has 94 valence electrons. The fourth-order valence-corrected chi connectivity index (χ4v) is 2.90. The number of benzene rings is 1. The lowest BCUT2D eigenvalue weighted by Gasteiger charge is -2.07. The second-order valence-electron chi connectivity index (χ2n) is 5.13. The van der Waals surface area contributed by atoms with Crippen LogP contribution in [0.15, 0.2) is 59.7 Å². The molecular formula is C19H18. The lowest BCUT2D eigenvalue weighted by molar-refractivity contribution is 1.10. The van der Waals surface area contributed by atoms with Gasteiger partial charge in [0.05, 0.1) is 0 Å². The fourth-order valence-electron chi connectivity index (χ4n) is 2.90. The van der Waals surface area contributed by atoms with E-state index >= 15 is 0 Å². The molecule has 0 aromatic heterocycles. The smallest absolute Gasteiger partial charge is 0.00109 e. The molecule has 2 aliphatic rings. The first-order chi connectivity index (χ1) is 9.20. The first-order valence-corrected chi connectivity index (χ1v) is 6.79. The second-order valence-corrected chi connectivity index (χ2v) is 5.13. The van der Waals surface area contributed by atoms with Crippen LogP contribution in [0.5, 0.6) is 0 Å². The van der Waals surface area contributed by atoms with E-state index in [1.54, 1.807) is 0 Å². The molecule has 0 saturated carbocycles. The summed E-state index contributed by atoms with van der Waals surface area (Å²) in [5, 5.41) is 2.36. The van der Waals surface area contributed by atoms with E-state index in [-0.39, 0.29) is 0 Å². The Kier molecular flexibility index (Phi) is 2.87. The van der Waals surface area contributed by atoms with E-state index < -0.39 is 0 Å². The molecule has 0 amide bonds. The third-order valence-electron chi connectivity index (χ3n) is 3.98. The Bertz CT molecular complexity index is 752. The summed E-state index contributed by atoms with van der Waals surface area (Å²) in [6.07, 6.45) is 10.9. The highest BCUT2D eigenvalue weighted by molar-refractivity contribution is 5.77. The predicted octanol–water partition coefficient (Wildman–Crippen LogP) is 3.50. The molecule has 3 rings (SSSR count). The van der Waals surface area contributed by atoms with E-state index in [0.29, 0.717) is 0 Å². The van der Waals surface area contributed by atoms with Crippen molar-refractivity contribution in [2.75, 3.05) is 0 Å². The zero-order chi connectivity index (χ0) is 13.4. The summed E-state index contributed by atoms with van der Waals surface area (Å²) in [7, 11) is 0. The van der Waals surface area contributed by atoms with Gasteiger partial charge in [-0.25, -0.2) is 0 Å². The summed E-state index contributed by atoms with van der Waals surface area (Å²) in [6.45, 7) is 10.6. The summed E-state index contributed by atoms with van der Waals surface area (Å²) in [4.78, 5) is 0. The summed E-state index contributed by atoms with van der Waals surface area (Å²) >= 11 is 0. The third-order valence-corrected chi connectivity index (χ3v) is 3.98. The Morgan fingerprint density at radius 1 is 1.05 bits per heavy atom. The van der Waals surface area contributed by atoms with Crippen molar-refractivity contribution in [1.82, 2.24) is 0 Å². The topological polar surface area (TPSA) is 0 Å². The molecule has 19 heavy (non-hydrogen) atoms. The minimum Gasteiger partial charge on any atom is -0.0915 e. The van der Waals surface area contributed by atoms with Gasteiger partial charge in [0.2, 0.25) is 0 Å². The van der Waals surface area contributed by atoms with Gasteiger partial charge in [-0.1, -0.05) is 62.6 Å². The third kappa shape index (κ3) is 1.94. The molecule has 1 aromatic carbocycles. The molecule has 0 atom stereocenters. The SMILES string of the molecule is C=C1C=CC(CC)=C2C=Cc3cccc(=C)c3=C1C2. The van der Waals surface area contributed by atoms with Crippen molar-refractivity contribution >= 4 is 18.2 Å². The van der Waals surface area contributed by atoms with Gasteiger partial charge in [0, 0.05) is 0 Å². The molecule has 0 heteroatoms. The van der Waals surface area contributed by atoms with Crippen molar-refractivity contribution in [3.05, 3.63) is 75.7 Å². The maximum absolute atomic E-state index is 4.24. The van der Waals surface area contributed by atoms with E-state index in [1.807, 2.05) is 0 Å². The minimum atomic E-state index is 0.963. The van der Waals surface area contributed by atoms with Gasteiger partial charge in [0.25, 0.3) is 0 Å². The normalized spacial score (nSPS) is 17.3. The van der Waals surface area contributed by atoms with Crippen molar-refractivity contribution in [3.63, 3.8) is 0 Å². The highest BCUT2D eigenvalue weighted by Gasteiger charge is 2.14. The summed E-state index contributed by atoms with van der Waals surface area (Å²) in [6, 6.07) is 6.31. The summed E-state index contributed by atoms with van der Waals surface area (Å²) < 4.78 is 0. The average molecular weight is 246 g/mol. The van der Waals surface area contributed by atoms with E-state index in [1.165, 1.54) is 27.5 Å². The van der Waals surface area contributed by atoms with E-state index in [4.69, 9.17) is 0 Å². The monoisotopic (exact) mass is 246 g/mol. The van der Waals surface area contributed by atoms with Crippen molar-refractivity contribution in [3.8, 4) is 0 Å². The fraction of sp³-hybridized carbons (Fsp3) is 0.158. The lowest BCUT2D eigenvalue weighted by Crippen LogP contribution is -2.28. The first-order valence-electron chi connectivity index (χ1n) is 6.79. The standard InChI is InChI=1S/C19H18/c1-4-15-9-8-13(2)18-12-17(15)11-10-16-7-5-6-14(3)19(16)18/h5-11H,2-4,12H2,1H3. The van der Waals surface area contributed by atoms with Crippen LogP contribution in [0.3, 0.4) is 0 Å². The predicted molar refractivity (Wildman–Crippen MR) is 83.9 cm³/mol. The van der Waals surface area contributed by atoms with Gasteiger partial charge in [0.15, 0.2) is 0 Å². The zero-order valence-corrected chi connectivity index (χ0v) is 11.4. The van der Waals surface area contributed by atoms with Crippen molar-refractivity contribution in [1.29, 1.82) is 0 Å². The van der Waals surface area contributed by atoms with Gasteiger partial charge in [-0.05, 0) is 51.1 Å².